The van der Waals surface area contributed by atoms with Crippen LogP contribution in [0.15, 0.2) is 48.6 Å². The molecule has 0 rings (SSSR count). The van der Waals surface area contributed by atoms with E-state index in [0.717, 1.165) is 51.4 Å². The first-order chi connectivity index (χ1) is 46.6. The van der Waals surface area contributed by atoms with Crippen molar-refractivity contribution in [1.82, 2.24) is 0 Å². The van der Waals surface area contributed by atoms with Gasteiger partial charge >= 0.3 is 11.9 Å². The van der Waals surface area contributed by atoms with Gasteiger partial charge in [0.25, 0.3) is 0 Å². The Morgan fingerprint density at radius 1 is 0.316 bits per heavy atom. The molecule has 0 spiro atoms. The van der Waals surface area contributed by atoms with E-state index in [9.17, 15) is 19.5 Å². The number of unbranched alkanes of at least 4 members (excludes halogenated alkanes) is 56. The Labute approximate surface area is 591 Å². The summed E-state index contributed by atoms with van der Waals surface area (Å²) in [6.45, 7) is 4.81. The number of carboxylic acid groups (broad SMARTS) is 1. The number of allylic oxidation sites excluding steroid dienone is 8. The second-order valence-corrected chi connectivity index (χ2v) is 29.8. The van der Waals surface area contributed by atoms with Gasteiger partial charge in [-0.15, -0.1) is 0 Å². The molecule has 558 valence electrons. The number of hydrogen-bond donors (Lipinski definition) is 0. The van der Waals surface area contributed by atoms with Gasteiger partial charge in [0.1, 0.15) is 13.2 Å². The molecule has 2 unspecified atom stereocenters. The summed E-state index contributed by atoms with van der Waals surface area (Å²) in [5.41, 5.74) is 0. The summed E-state index contributed by atoms with van der Waals surface area (Å²) in [7, 11) is 5.95. The van der Waals surface area contributed by atoms with Crippen molar-refractivity contribution < 1.29 is 42.9 Å². The zero-order chi connectivity index (χ0) is 69.0. The maximum absolute atomic E-state index is 13.0. The quantitative estimate of drug-likeness (QED) is 0.0195. The van der Waals surface area contributed by atoms with E-state index in [1.807, 2.05) is 21.1 Å². The number of likely N-dealkylation sites (N-methyl/N-ethyl adjacent to an activating group) is 1. The first-order valence-corrected chi connectivity index (χ1v) is 41.8. The van der Waals surface area contributed by atoms with Gasteiger partial charge < -0.3 is 33.3 Å². The van der Waals surface area contributed by atoms with Crippen molar-refractivity contribution >= 4 is 17.9 Å². The van der Waals surface area contributed by atoms with Gasteiger partial charge in [-0.25, -0.2) is 0 Å². The number of hydrogen-bond acceptors (Lipinski definition) is 8. The zero-order valence-corrected chi connectivity index (χ0v) is 64.1. The van der Waals surface area contributed by atoms with Gasteiger partial charge in [-0.3, -0.25) is 9.59 Å². The molecule has 95 heavy (non-hydrogen) atoms. The van der Waals surface area contributed by atoms with Crippen LogP contribution < -0.4 is 5.11 Å². The average molecular weight is 1340 g/mol. The lowest BCUT2D eigenvalue weighted by atomic mass is 10.0. The number of aliphatic carboxylic acids is 1. The van der Waals surface area contributed by atoms with E-state index in [4.69, 9.17) is 18.9 Å². The normalized spacial score (nSPS) is 12.8. The van der Waals surface area contributed by atoms with Crippen LogP contribution in [0.4, 0.5) is 0 Å². The zero-order valence-electron chi connectivity index (χ0n) is 64.1. The van der Waals surface area contributed by atoms with Gasteiger partial charge in [0.05, 0.1) is 40.3 Å². The minimum absolute atomic E-state index is 0.151. The smallest absolute Gasteiger partial charge is 0.306 e. The van der Waals surface area contributed by atoms with E-state index < -0.39 is 24.3 Å². The second-order valence-electron chi connectivity index (χ2n) is 29.8. The van der Waals surface area contributed by atoms with Crippen LogP contribution in [0.25, 0.3) is 0 Å². The van der Waals surface area contributed by atoms with Crippen LogP contribution in [0.1, 0.15) is 425 Å². The molecule has 0 saturated heterocycles. The molecule has 0 aromatic heterocycles. The fraction of sp³-hybridized carbons (Fsp3) is 0.872. The number of rotatable bonds is 79. The third-order valence-electron chi connectivity index (χ3n) is 19.0. The van der Waals surface area contributed by atoms with Crippen molar-refractivity contribution in [3.05, 3.63) is 48.6 Å². The van der Waals surface area contributed by atoms with Gasteiger partial charge in [-0.05, 0) is 77.0 Å². The Bertz CT molecular complexity index is 1700. The molecule has 9 nitrogen and oxygen atoms in total. The Hall–Kier alpha value is -2.75. The number of carboxylic acids is 1. The van der Waals surface area contributed by atoms with Crippen molar-refractivity contribution in [3.8, 4) is 0 Å². The van der Waals surface area contributed by atoms with Crippen LogP contribution in [0.3, 0.4) is 0 Å². The second kappa shape index (κ2) is 77.0. The molecule has 0 aromatic carbocycles. The molecular formula is C86H161NO8. The topological polar surface area (TPSA) is 111 Å². The van der Waals surface area contributed by atoms with E-state index in [1.165, 1.54) is 347 Å². The number of carbonyl (C=O) groups excluding carboxylic acids is 3. The van der Waals surface area contributed by atoms with E-state index >= 15 is 0 Å². The largest absolute Gasteiger partial charge is 0.545 e. The highest BCUT2D eigenvalue weighted by Gasteiger charge is 2.22. The van der Waals surface area contributed by atoms with Gasteiger partial charge in [0.15, 0.2) is 12.4 Å². The van der Waals surface area contributed by atoms with Crippen LogP contribution in [0, 0.1) is 0 Å². The lowest BCUT2D eigenvalue weighted by molar-refractivity contribution is -0.870. The van der Waals surface area contributed by atoms with Gasteiger partial charge in [-0.2, -0.15) is 0 Å². The summed E-state index contributed by atoms with van der Waals surface area (Å²) in [5, 5.41) is 11.9. The summed E-state index contributed by atoms with van der Waals surface area (Å²) >= 11 is 0. The fourth-order valence-electron chi connectivity index (χ4n) is 12.7. The monoisotopic (exact) mass is 1340 g/mol. The fourth-order valence-corrected chi connectivity index (χ4v) is 12.7. The number of ether oxygens (including phenoxy) is 4. The van der Waals surface area contributed by atoms with E-state index in [0.29, 0.717) is 17.4 Å². The predicted molar refractivity (Wildman–Crippen MR) is 408 cm³/mol. The predicted octanol–water partition coefficient (Wildman–Crippen LogP) is 25.5. The van der Waals surface area contributed by atoms with Crippen LogP contribution >= 0.6 is 0 Å². The molecule has 0 heterocycles. The Kier molecular flexibility index (Phi) is 74.8. The number of nitrogens with zero attached hydrogens (tertiary/aromatic N) is 1. The summed E-state index contributed by atoms with van der Waals surface area (Å²) in [4.78, 5) is 37.6. The summed E-state index contributed by atoms with van der Waals surface area (Å²) in [5.74, 6) is -2.25. The molecule has 0 aliphatic heterocycles. The molecule has 0 radical (unpaired) electrons. The lowest BCUT2D eigenvalue weighted by Crippen LogP contribution is -2.44. The molecule has 0 bridgehead atoms. The Balaban J connectivity index is 3.94. The molecule has 0 saturated carbocycles. The minimum Gasteiger partial charge on any atom is -0.545 e. The Morgan fingerprint density at radius 2 is 0.568 bits per heavy atom. The third kappa shape index (κ3) is 78.5. The van der Waals surface area contributed by atoms with E-state index in [1.54, 1.807) is 0 Å². The standard InChI is InChI=1S/C86H161NO8/c1-6-8-10-12-14-16-18-20-22-24-26-28-30-32-34-36-38-39-40-41-42-43-44-45-47-49-51-53-55-57-59-61-63-65-67-69-71-73-75-77-84(89)95-82(81-94-86(85(90)91)92-79-78-87(3,4)5)80-93-83(88)76-74-72-70-68-66-64-62-60-58-56-54-52-50-48-46-37-35-33-31-29-27-25-23-21-19-17-15-13-11-9-7-2/h18,20,24-27,30,32,82,86H,6-17,19,21-23,28-29,31,33-81H2,1-5H3/b20-18-,26-24-,27-25-,32-30-. The Morgan fingerprint density at radius 3 is 0.853 bits per heavy atom. The minimum atomic E-state index is -1.62. The highest BCUT2D eigenvalue weighted by molar-refractivity contribution is 5.70. The maximum Gasteiger partial charge on any atom is 0.306 e. The van der Waals surface area contributed by atoms with E-state index in [2.05, 4.69) is 62.5 Å². The molecule has 0 aromatic rings. The summed E-state index contributed by atoms with van der Waals surface area (Å²) in [6, 6.07) is 0. The van der Waals surface area contributed by atoms with Crippen molar-refractivity contribution in [3.63, 3.8) is 0 Å². The van der Waals surface area contributed by atoms with Crippen LogP contribution in [-0.4, -0.2) is 82.3 Å². The van der Waals surface area contributed by atoms with Gasteiger partial charge in [0, 0.05) is 12.8 Å². The van der Waals surface area contributed by atoms with Crippen molar-refractivity contribution in [1.29, 1.82) is 0 Å². The molecule has 0 amide bonds. The highest BCUT2D eigenvalue weighted by atomic mass is 16.7. The van der Waals surface area contributed by atoms with Gasteiger partial charge in [-0.1, -0.05) is 383 Å². The molecule has 2 atom stereocenters. The molecule has 9 heteroatoms. The lowest BCUT2D eigenvalue weighted by Gasteiger charge is -2.26. The summed E-state index contributed by atoms with van der Waals surface area (Å²) in [6.07, 6.45) is 98.3. The van der Waals surface area contributed by atoms with Crippen molar-refractivity contribution in [2.45, 2.75) is 437 Å². The SMILES string of the molecule is CCCCCCC/C=C\C/C=C\C/C=C\CCCCCCCCCCCCCCCCCCCCCCCCCCC(=O)OC(COC(=O)CCCCCCCCCCCCCCCCCCCCC/C=C\CCCCCCCCCC)COC(OCC[N+](C)(C)C)C(=O)[O-]. The van der Waals surface area contributed by atoms with Crippen LogP contribution in [0.5, 0.6) is 0 Å². The highest BCUT2D eigenvalue weighted by Crippen LogP contribution is 2.20. The van der Waals surface area contributed by atoms with Crippen molar-refractivity contribution in [2.24, 2.45) is 0 Å². The first kappa shape index (κ1) is 92.2. The van der Waals surface area contributed by atoms with Crippen LogP contribution in [0.2, 0.25) is 0 Å². The van der Waals surface area contributed by atoms with Gasteiger partial charge in [0.2, 0.25) is 0 Å². The molecule has 0 aliphatic rings. The number of quaternary nitrogens is 1. The summed E-state index contributed by atoms with van der Waals surface area (Å²) < 4.78 is 22.9. The maximum atomic E-state index is 13.0. The molecule has 0 aliphatic carbocycles. The number of esters is 2. The molecule has 0 N–H and O–H groups in total. The van der Waals surface area contributed by atoms with E-state index in [-0.39, 0.29) is 32.2 Å². The van der Waals surface area contributed by atoms with Crippen molar-refractivity contribution in [2.75, 3.05) is 47.5 Å². The third-order valence-corrected chi connectivity index (χ3v) is 19.0. The van der Waals surface area contributed by atoms with Crippen LogP contribution in [-0.2, 0) is 33.3 Å². The first-order valence-electron chi connectivity index (χ1n) is 41.8. The molecule has 0 fully saturated rings. The number of carbonyl (C=O) groups is 3. The average Bonchev–Trinajstić information content (AvgIpc) is 2.92. The molecular weight excluding hydrogens is 1170 g/mol.